The Morgan fingerprint density at radius 3 is 3.06 bits per heavy atom. The zero-order valence-corrected chi connectivity index (χ0v) is 10.2. The first kappa shape index (κ1) is 12.8. The van der Waals surface area contributed by atoms with E-state index < -0.39 is 4.92 Å². The fourth-order valence-electron chi connectivity index (χ4n) is 1.78. The van der Waals surface area contributed by atoms with Crippen molar-refractivity contribution in [2.45, 2.75) is 6.10 Å². The molecule has 7 nitrogen and oxygen atoms in total. The third kappa shape index (κ3) is 2.62. The van der Waals surface area contributed by atoms with Crippen LogP contribution in [-0.4, -0.2) is 52.4 Å². The number of hydrogen-bond donors (Lipinski definition) is 1. The zero-order chi connectivity index (χ0) is 13.1. The number of H-pyrrole nitrogens is 1. The van der Waals surface area contributed by atoms with Gasteiger partial charge < -0.3 is 19.8 Å². The first-order valence-electron chi connectivity index (χ1n) is 5.42. The summed E-state index contributed by atoms with van der Waals surface area (Å²) in [6.45, 7) is 1.28. The number of carbonyl (C=O) groups excluding carboxylic acids is 1. The van der Waals surface area contributed by atoms with Gasteiger partial charge in [0.15, 0.2) is 5.69 Å². The largest absolute Gasteiger partial charge is 0.373 e. The summed E-state index contributed by atoms with van der Waals surface area (Å²) in [4.78, 5) is 26.1. The molecule has 0 aromatic carbocycles. The molecule has 2 rings (SSSR count). The van der Waals surface area contributed by atoms with Crippen LogP contribution in [-0.2, 0) is 4.74 Å². The van der Waals surface area contributed by atoms with Gasteiger partial charge in [-0.05, 0) is 11.0 Å². The van der Waals surface area contributed by atoms with E-state index in [2.05, 4.69) is 4.98 Å². The van der Waals surface area contributed by atoms with Gasteiger partial charge in [-0.1, -0.05) is 0 Å². The van der Waals surface area contributed by atoms with E-state index in [1.165, 1.54) is 12.1 Å². The van der Waals surface area contributed by atoms with Crippen LogP contribution in [0.1, 0.15) is 10.5 Å². The minimum absolute atomic E-state index is 0.186. The van der Waals surface area contributed by atoms with E-state index in [-0.39, 0.29) is 23.5 Å². The highest BCUT2D eigenvalue weighted by atomic mass is 35.5. The van der Waals surface area contributed by atoms with E-state index in [9.17, 15) is 14.9 Å². The van der Waals surface area contributed by atoms with Crippen molar-refractivity contribution in [3.63, 3.8) is 0 Å². The van der Waals surface area contributed by atoms with Gasteiger partial charge in [0, 0.05) is 19.2 Å². The minimum Gasteiger partial charge on any atom is -0.373 e. The summed E-state index contributed by atoms with van der Waals surface area (Å²) in [5.74, 6) is -0.156. The maximum Gasteiger partial charge on any atom is 0.321 e. The second-order valence-corrected chi connectivity index (χ2v) is 4.22. The van der Waals surface area contributed by atoms with Crippen LogP contribution in [0, 0.1) is 10.1 Å². The van der Waals surface area contributed by atoms with Crippen molar-refractivity contribution in [2.75, 3.05) is 25.6 Å². The molecular weight excluding hydrogens is 262 g/mol. The van der Waals surface area contributed by atoms with Crippen LogP contribution in [0.4, 0.5) is 5.82 Å². The summed E-state index contributed by atoms with van der Waals surface area (Å²) >= 11 is 5.68. The Balaban J connectivity index is 2.07. The van der Waals surface area contributed by atoms with Gasteiger partial charge in [0.05, 0.1) is 18.6 Å². The number of nitro groups is 1. The molecule has 0 radical (unpaired) electrons. The van der Waals surface area contributed by atoms with Crippen molar-refractivity contribution in [3.8, 4) is 0 Å². The van der Waals surface area contributed by atoms with E-state index >= 15 is 0 Å². The third-order valence-corrected chi connectivity index (χ3v) is 3.04. The second kappa shape index (κ2) is 5.36. The Kier molecular flexibility index (Phi) is 3.83. The van der Waals surface area contributed by atoms with E-state index in [0.717, 1.165) is 0 Å². The van der Waals surface area contributed by atoms with Crippen molar-refractivity contribution in [2.24, 2.45) is 0 Å². The molecule has 2 heterocycles. The molecule has 8 heteroatoms. The van der Waals surface area contributed by atoms with E-state index in [4.69, 9.17) is 16.3 Å². The lowest BCUT2D eigenvalue weighted by molar-refractivity contribution is -0.389. The Hall–Kier alpha value is -1.60. The summed E-state index contributed by atoms with van der Waals surface area (Å²) in [6, 6.07) is 2.68. The number of carbonyl (C=O) groups is 1. The monoisotopic (exact) mass is 273 g/mol. The number of ether oxygens (including phenoxy) is 1. The van der Waals surface area contributed by atoms with E-state index in [0.29, 0.717) is 25.6 Å². The molecule has 1 saturated heterocycles. The summed E-state index contributed by atoms with van der Waals surface area (Å²) < 4.78 is 5.34. The molecule has 1 aliphatic rings. The van der Waals surface area contributed by atoms with Gasteiger partial charge in [0.25, 0.3) is 5.91 Å². The number of morpholine rings is 1. The summed E-state index contributed by atoms with van der Waals surface area (Å²) in [5, 5.41) is 10.5. The fourth-order valence-corrected chi connectivity index (χ4v) is 1.97. The van der Waals surface area contributed by atoms with Crippen molar-refractivity contribution < 1.29 is 14.5 Å². The van der Waals surface area contributed by atoms with Crippen molar-refractivity contribution in [1.29, 1.82) is 0 Å². The highest BCUT2D eigenvalue weighted by Crippen LogP contribution is 2.14. The smallest absolute Gasteiger partial charge is 0.321 e. The fraction of sp³-hybridized carbons (Fsp3) is 0.500. The standard InChI is InChI=1S/C10H12ClN3O4/c11-5-7-6-13(3-4-18-7)10(15)8-1-2-9(12-8)14(16)17/h1-2,7,12H,3-6H2. The highest BCUT2D eigenvalue weighted by Gasteiger charge is 2.27. The number of halogens is 1. The molecule has 1 aromatic heterocycles. The van der Waals surface area contributed by atoms with E-state index in [1.54, 1.807) is 4.90 Å². The SMILES string of the molecule is O=C(c1ccc([N+](=O)[O-])[nH]1)N1CCOC(CCl)C1. The van der Waals surface area contributed by atoms with Gasteiger partial charge in [-0.15, -0.1) is 11.6 Å². The van der Waals surface area contributed by atoms with Crippen LogP contribution in [0.3, 0.4) is 0 Å². The van der Waals surface area contributed by atoms with Gasteiger partial charge >= 0.3 is 5.82 Å². The van der Waals surface area contributed by atoms with Gasteiger partial charge in [-0.25, -0.2) is 4.98 Å². The Bertz CT molecular complexity index is 462. The molecule has 1 N–H and O–H groups in total. The summed E-state index contributed by atoms with van der Waals surface area (Å²) in [5.41, 5.74) is 0.205. The number of rotatable bonds is 3. The van der Waals surface area contributed by atoms with Crippen LogP contribution < -0.4 is 0 Å². The molecule has 1 unspecified atom stereocenters. The third-order valence-electron chi connectivity index (χ3n) is 2.70. The molecular formula is C10H12ClN3O4. The Morgan fingerprint density at radius 1 is 1.67 bits per heavy atom. The predicted molar refractivity (Wildman–Crippen MR) is 63.8 cm³/mol. The molecule has 1 aliphatic heterocycles. The number of aromatic amines is 1. The Morgan fingerprint density at radius 2 is 2.44 bits per heavy atom. The average molecular weight is 274 g/mol. The average Bonchev–Trinajstić information content (AvgIpc) is 2.87. The van der Waals surface area contributed by atoms with Gasteiger partial charge in [-0.2, -0.15) is 0 Å². The number of hydrogen-bond acceptors (Lipinski definition) is 4. The van der Waals surface area contributed by atoms with Gasteiger partial charge in [-0.3, -0.25) is 4.79 Å². The molecule has 1 atom stereocenters. The molecule has 18 heavy (non-hydrogen) atoms. The summed E-state index contributed by atoms with van der Waals surface area (Å²) in [6.07, 6.45) is -0.186. The lowest BCUT2D eigenvalue weighted by Gasteiger charge is -2.31. The Labute approximate surface area is 108 Å². The number of nitrogens with zero attached hydrogens (tertiary/aromatic N) is 2. The first-order valence-corrected chi connectivity index (χ1v) is 5.95. The molecule has 0 spiro atoms. The zero-order valence-electron chi connectivity index (χ0n) is 9.47. The van der Waals surface area contributed by atoms with Crippen molar-refractivity contribution in [1.82, 2.24) is 9.88 Å². The van der Waals surface area contributed by atoms with Crippen LogP contribution >= 0.6 is 11.6 Å². The second-order valence-electron chi connectivity index (χ2n) is 3.91. The molecule has 98 valence electrons. The van der Waals surface area contributed by atoms with E-state index in [1.807, 2.05) is 0 Å². The predicted octanol–water partition coefficient (Wildman–Crippen LogP) is 1.00. The van der Waals surface area contributed by atoms with Crippen molar-refractivity contribution >= 4 is 23.3 Å². The quantitative estimate of drug-likeness (QED) is 0.505. The molecule has 0 saturated carbocycles. The molecule has 0 aliphatic carbocycles. The maximum atomic E-state index is 12.1. The first-order chi connectivity index (χ1) is 8.61. The topological polar surface area (TPSA) is 88.5 Å². The summed E-state index contributed by atoms with van der Waals surface area (Å²) in [7, 11) is 0. The lowest BCUT2D eigenvalue weighted by Crippen LogP contribution is -2.46. The van der Waals surface area contributed by atoms with Crippen molar-refractivity contribution in [3.05, 3.63) is 27.9 Å². The molecule has 1 aromatic rings. The number of aromatic nitrogens is 1. The molecule has 1 fully saturated rings. The number of amides is 1. The number of nitrogens with one attached hydrogen (secondary N) is 1. The van der Waals surface area contributed by atoms with Crippen LogP contribution in [0.25, 0.3) is 0 Å². The minimum atomic E-state index is -0.572. The lowest BCUT2D eigenvalue weighted by atomic mass is 10.2. The van der Waals surface area contributed by atoms with Crippen LogP contribution in [0.5, 0.6) is 0 Å². The van der Waals surface area contributed by atoms with Crippen LogP contribution in [0.15, 0.2) is 12.1 Å². The van der Waals surface area contributed by atoms with Gasteiger partial charge in [0.2, 0.25) is 0 Å². The molecule has 0 bridgehead atoms. The van der Waals surface area contributed by atoms with Gasteiger partial charge in [0.1, 0.15) is 0 Å². The molecule has 1 amide bonds. The normalized spacial score (nSPS) is 19.8. The highest BCUT2D eigenvalue weighted by molar-refractivity contribution is 6.18. The van der Waals surface area contributed by atoms with Crippen LogP contribution in [0.2, 0.25) is 0 Å². The number of alkyl halides is 1. The maximum absolute atomic E-state index is 12.1.